The summed E-state index contributed by atoms with van der Waals surface area (Å²) in [5.41, 5.74) is -0.611. The second-order valence-electron chi connectivity index (χ2n) is 3.88. The first-order valence-electron chi connectivity index (χ1n) is 5.10. The molecule has 1 aliphatic rings. The van der Waals surface area contributed by atoms with Crippen molar-refractivity contribution in [3.05, 3.63) is 41.1 Å². The van der Waals surface area contributed by atoms with Crippen LogP contribution in [0.15, 0.2) is 46.3 Å². The van der Waals surface area contributed by atoms with E-state index in [1.54, 1.807) is 38.1 Å². The van der Waals surface area contributed by atoms with Crippen molar-refractivity contribution in [1.29, 1.82) is 0 Å². The standard InChI is InChI=1S/C12H11ClN2O2/c1-8-7-11(16)12(2,17-8)15-14-10-5-3-9(13)4-6-10/h3-7H,1-2H3. The van der Waals surface area contributed by atoms with Gasteiger partial charge in [0.1, 0.15) is 5.76 Å². The number of allylic oxidation sites excluding steroid dienone is 1. The SMILES string of the molecule is CC1=CC(=O)C(C)(N=Nc2ccc(Cl)cc2)O1. The van der Waals surface area contributed by atoms with Crippen molar-refractivity contribution in [3.63, 3.8) is 0 Å². The first-order valence-corrected chi connectivity index (χ1v) is 5.48. The number of hydrogen-bond acceptors (Lipinski definition) is 4. The molecule has 0 aliphatic carbocycles. The van der Waals surface area contributed by atoms with Gasteiger partial charge in [-0.05, 0) is 31.2 Å². The summed E-state index contributed by atoms with van der Waals surface area (Å²) in [6.45, 7) is 3.29. The smallest absolute Gasteiger partial charge is 0.278 e. The third-order valence-corrected chi connectivity index (χ3v) is 2.59. The predicted octanol–water partition coefficient (Wildman–Crippen LogP) is 3.64. The van der Waals surface area contributed by atoms with Crippen LogP contribution in [0.3, 0.4) is 0 Å². The number of rotatable bonds is 2. The molecule has 1 atom stereocenters. The Hall–Kier alpha value is -1.68. The number of ether oxygens (including phenoxy) is 1. The highest BCUT2D eigenvalue weighted by molar-refractivity contribution is 6.30. The van der Waals surface area contributed by atoms with Gasteiger partial charge in [0.05, 0.1) is 5.69 Å². The van der Waals surface area contributed by atoms with Gasteiger partial charge in [-0.2, -0.15) is 5.11 Å². The van der Waals surface area contributed by atoms with E-state index in [1.165, 1.54) is 6.08 Å². The van der Waals surface area contributed by atoms with Crippen molar-refractivity contribution in [2.75, 3.05) is 0 Å². The van der Waals surface area contributed by atoms with Crippen molar-refractivity contribution < 1.29 is 9.53 Å². The quantitative estimate of drug-likeness (QED) is 0.753. The van der Waals surface area contributed by atoms with Gasteiger partial charge in [0.15, 0.2) is 0 Å². The second-order valence-corrected chi connectivity index (χ2v) is 4.32. The highest BCUT2D eigenvalue weighted by Crippen LogP contribution is 2.28. The molecular weight excluding hydrogens is 240 g/mol. The normalized spacial score (nSPS) is 23.9. The van der Waals surface area contributed by atoms with E-state index >= 15 is 0 Å². The summed E-state index contributed by atoms with van der Waals surface area (Å²) < 4.78 is 5.33. The van der Waals surface area contributed by atoms with E-state index in [0.29, 0.717) is 16.5 Å². The van der Waals surface area contributed by atoms with Gasteiger partial charge < -0.3 is 4.74 Å². The molecular formula is C12H11ClN2O2. The number of halogens is 1. The molecule has 88 valence electrons. The lowest BCUT2D eigenvalue weighted by molar-refractivity contribution is -0.128. The van der Waals surface area contributed by atoms with Crippen LogP contribution in [0.25, 0.3) is 0 Å². The van der Waals surface area contributed by atoms with Crippen LogP contribution in [-0.4, -0.2) is 11.5 Å². The maximum atomic E-state index is 11.6. The molecule has 0 spiro atoms. The molecule has 0 radical (unpaired) electrons. The fraction of sp³-hybridized carbons (Fsp3) is 0.250. The van der Waals surface area contributed by atoms with E-state index < -0.39 is 5.72 Å². The number of nitrogens with zero attached hydrogens (tertiary/aromatic N) is 2. The molecule has 0 saturated heterocycles. The van der Waals surface area contributed by atoms with Crippen molar-refractivity contribution in [3.8, 4) is 0 Å². The summed E-state index contributed by atoms with van der Waals surface area (Å²) >= 11 is 5.75. The Morgan fingerprint density at radius 2 is 1.94 bits per heavy atom. The van der Waals surface area contributed by atoms with E-state index in [-0.39, 0.29) is 5.78 Å². The van der Waals surface area contributed by atoms with Crippen LogP contribution in [-0.2, 0) is 9.53 Å². The van der Waals surface area contributed by atoms with Crippen LogP contribution in [0.5, 0.6) is 0 Å². The van der Waals surface area contributed by atoms with Crippen LogP contribution < -0.4 is 0 Å². The van der Waals surface area contributed by atoms with Crippen molar-refractivity contribution in [2.24, 2.45) is 10.2 Å². The number of carbonyl (C=O) groups excluding carboxylic acids is 1. The summed E-state index contributed by atoms with van der Waals surface area (Å²) in [6, 6.07) is 6.85. The Balaban J connectivity index is 2.16. The second kappa shape index (κ2) is 4.30. The molecule has 1 aliphatic heterocycles. The molecule has 0 aromatic heterocycles. The van der Waals surface area contributed by atoms with Gasteiger partial charge in [0.2, 0.25) is 5.78 Å². The number of hydrogen-bond donors (Lipinski definition) is 0. The zero-order chi connectivity index (χ0) is 12.5. The topological polar surface area (TPSA) is 51.0 Å². The van der Waals surface area contributed by atoms with Crippen LogP contribution in [0.4, 0.5) is 5.69 Å². The lowest BCUT2D eigenvalue weighted by atomic mass is 10.2. The average molecular weight is 251 g/mol. The lowest BCUT2D eigenvalue weighted by Crippen LogP contribution is -2.29. The Bertz CT molecular complexity index is 508. The molecule has 4 nitrogen and oxygen atoms in total. The minimum absolute atomic E-state index is 0.201. The largest absolute Gasteiger partial charge is 0.462 e. The molecule has 1 aromatic carbocycles. The molecule has 0 amide bonds. The van der Waals surface area contributed by atoms with E-state index in [0.717, 1.165) is 0 Å². The van der Waals surface area contributed by atoms with E-state index in [2.05, 4.69) is 10.2 Å². The van der Waals surface area contributed by atoms with E-state index in [9.17, 15) is 4.79 Å². The highest BCUT2D eigenvalue weighted by Gasteiger charge is 2.39. The summed E-state index contributed by atoms with van der Waals surface area (Å²) in [6.07, 6.45) is 1.42. The first-order chi connectivity index (χ1) is 7.99. The third-order valence-electron chi connectivity index (χ3n) is 2.33. The molecule has 0 fully saturated rings. The highest BCUT2D eigenvalue weighted by atomic mass is 35.5. The van der Waals surface area contributed by atoms with Crippen LogP contribution in [0.1, 0.15) is 13.8 Å². The molecule has 1 aromatic rings. The molecule has 5 heteroatoms. The van der Waals surface area contributed by atoms with Gasteiger partial charge in [-0.3, -0.25) is 4.79 Å². The molecule has 0 N–H and O–H groups in total. The van der Waals surface area contributed by atoms with E-state index in [4.69, 9.17) is 16.3 Å². The summed E-state index contributed by atoms with van der Waals surface area (Å²) in [4.78, 5) is 11.6. The van der Waals surface area contributed by atoms with Gasteiger partial charge in [-0.25, -0.2) is 0 Å². The van der Waals surface area contributed by atoms with Crippen LogP contribution >= 0.6 is 11.6 Å². The maximum Gasteiger partial charge on any atom is 0.278 e. The van der Waals surface area contributed by atoms with Crippen LogP contribution in [0, 0.1) is 0 Å². The monoisotopic (exact) mass is 250 g/mol. The lowest BCUT2D eigenvalue weighted by Gasteiger charge is -2.16. The number of azo groups is 1. The Morgan fingerprint density at radius 3 is 2.47 bits per heavy atom. The first kappa shape index (κ1) is 11.8. The number of carbonyl (C=O) groups is 1. The fourth-order valence-electron chi connectivity index (χ4n) is 1.44. The molecule has 2 rings (SSSR count). The molecule has 0 bridgehead atoms. The maximum absolute atomic E-state index is 11.6. The van der Waals surface area contributed by atoms with Crippen molar-refractivity contribution in [2.45, 2.75) is 19.6 Å². The van der Waals surface area contributed by atoms with E-state index in [1.807, 2.05) is 0 Å². The van der Waals surface area contributed by atoms with Gasteiger partial charge >= 0.3 is 0 Å². The van der Waals surface area contributed by atoms with Crippen molar-refractivity contribution >= 4 is 23.1 Å². The summed E-state index contributed by atoms with van der Waals surface area (Å²) in [7, 11) is 0. The van der Waals surface area contributed by atoms with Gasteiger partial charge in [0, 0.05) is 18.0 Å². The zero-order valence-corrected chi connectivity index (χ0v) is 10.2. The molecule has 0 saturated carbocycles. The van der Waals surface area contributed by atoms with Gasteiger partial charge in [0.25, 0.3) is 5.72 Å². The molecule has 17 heavy (non-hydrogen) atoms. The zero-order valence-electron chi connectivity index (χ0n) is 9.48. The Morgan fingerprint density at radius 1 is 1.29 bits per heavy atom. The van der Waals surface area contributed by atoms with Crippen molar-refractivity contribution in [1.82, 2.24) is 0 Å². The number of benzene rings is 1. The summed E-state index contributed by atoms with van der Waals surface area (Å²) in [5.74, 6) is 0.347. The minimum Gasteiger partial charge on any atom is -0.462 e. The number of ketones is 1. The summed E-state index contributed by atoms with van der Waals surface area (Å²) in [5, 5.41) is 8.54. The molecule has 1 unspecified atom stereocenters. The third kappa shape index (κ3) is 2.53. The average Bonchev–Trinajstić information content (AvgIpc) is 2.52. The molecule has 1 heterocycles. The Labute approximate surface area is 104 Å². The fourth-order valence-corrected chi connectivity index (χ4v) is 1.57. The minimum atomic E-state index is -1.23. The van der Waals surface area contributed by atoms with Gasteiger partial charge in [-0.15, -0.1) is 5.11 Å². The van der Waals surface area contributed by atoms with Gasteiger partial charge in [-0.1, -0.05) is 11.6 Å². The Kier molecular flexibility index (Phi) is 2.98. The van der Waals surface area contributed by atoms with Crippen LogP contribution in [0.2, 0.25) is 5.02 Å². The predicted molar refractivity (Wildman–Crippen MR) is 64.2 cm³/mol.